The van der Waals surface area contributed by atoms with E-state index in [4.69, 9.17) is 0 Å². The minimum absolute atomic E-state index is 0.0543. The molecule has 0 heterocycles. The Morgan fingerprint density at radius 2 is 1.67 bits per heavy atom. The predicted molar refractivity (Wildman–Crippen MR) is 144 cm³/mol. The lowest BCUT2D eigenvalue weighted by atomic mass is 9.37. The molecule has 0 aliphatic heterocycles. The number of phenols is 1. The van der Waals surface area contributed by atoms with Crippen molar-refractivity contribution in [2.45, 2.75) is 79.8 Å². The molecule has 0 aromatic heterocycles. The van der Waals surface area contributed by atoms with Crippen molar-refractivity contribution in [1.82, 2.24) is 0 Å². The molecule has 1 fully saturated rings. The zero-order valence-corrected chi connectivity index (χ0v) is 23.8. The summed E-state index contributed by atoms with van der Waals surface area (Å²) in [5.74, 6) is -7.56. The molecular weight excluding hydrogens is 500 g/mol. The molecule has 1 saturated carbocycles. The fraction of sp³-hybridized carbons (Fsp3) is 0.548. The molecule has 1 aromatic carbocycles. The minimum Gasteiger partial charge on any atom is -0.508 e. The van der Waals surface area contributed by atoms with Gasteiger partial charge in [-0.15, -0.1) is 0 Å². The summed E-state index contributed by atoms with van der Waals surface area (Å²) < 4.78 is 0. The first-order valence-corrected chi connectivity index (χ1v) is 13.5. The molecular formula is C31H38O8. The average molecular weight is 539 g/mol. The van der Waals surface area contributed by atoms with Gasteiger partial charge in [0.05, 0.1) is 5.56 Å². The predicted octanol–water partition coefficient (Wildman–Crippen LogP) is 4.65. The van der Waals surface area contributed by atoms with Gasteiger partial charge in [-0.25, -0.2) is 0 Å². The number of aliphatic hydroxyl groups is 3. The maximum absolute atomic E-state index is 14.6. The Balaban J connectivity index is 2.24. The summed E-state index contributed by atoms with van der Waals surface area (Å²) in [4.78, 5) is 54.2. The number of hydrogen-bond donors (Lipinski definition) is 4. The molecule has 4 N–H and O–H groups in total. The minimum atomic E-state index is -2.78. The monoisotopic (exact) mass is 538 g/mol. The molecule has 1 unspecified atom stereocenters. The van der Waals surface area contributed by atoms with E-state index in [0.29, 0.717) is 11.1 Å². The van der Waals surface area contributed by atoms with E-state index in [1.807, 2.05) is 6.92 Å². The summed E-state index contributed by atoms with van der Waals surface area (Å²) >= 11 is 0. The van der Waals surface area contributed by atoms with Crippen LogP contribution in [0.5, 0.6) is 5.75 Å². The van der Waals surface area contributed by atoms with Crippen molar-refractivity contribution in [1.29, 1.82) is 0 Å². The standard InChI is InChI=1S/C31H38O8/c1-9-17(33)12-19-29(7)15(5)18-11-10-14(4)24(34)21(18)26(36)23(29)28(38)31(39)27(37)20(16(6)32)25(35)22(13(2)3)30(19,31)8/h10-11,13,15,19,22,34,36-37,39H,9,12H2,1-8H3/t15-,19-,22?,29-,30-,31+/m1/s1. The summed E-state index contributed by atoms with van der Waals surface area (Å²) in [6.07, 6.45) is 0.0123. The van der Waals surface area contributed by atoms with Crippen LogP contribution in [0, 0.1) is 35.5 Å². The summed E-state index contributed by atoms with van der Waals surface area (Å²) in [6, 6.07) is 3.47. The number of carbonyl (C=O) groups is 4. The first-order valence-electron chi connectivity index (χ1n) is 13.5. The Hall–Kier alpha value is -3.26. The van der Waals surface area contributed by atoms with E-state index in [1.165, 1.54) is 0 Å². The van der Waals surface area contributed by atoms with Gasteiger partial charge in [0.2, 0.25) is 5.78 Å². The van der Waals surface area contributed by atoms with Gasteiger partial charge >= 0.3 is 0 Å². The van der Waals surface area contributed by atoms with Crippen LogP contribution in [-0.4, -0.2) is 49.2 Å². The largest absolute Gasteiger partial charge is 0.508 e. The van der Waals surface area contributed by atoms with E-state index >= 15 is 0 Å². The first-order chi connectivity index (χ1) is 17.9. The van der Waals surface area contributed by atoms with Gasteiger partial charge in [0.1, 0.15) is 28.6 Å². The molecule has 8 nitrogen and oxygen atoms in total. The zero-order chi connectivity index (χ0) is 29.6. The van der Waals surface area contributed by atoms with Crippen molar-refractivity contribution in [3.63, 3.8) is 0 Å². The summed E-state index contributed by atoms with van der Waals surface area (Å²) in [5, 5.41) is 46.5. The van der Waals surface area contributed by atoms with Crippen molar-refractivity contribution < 1.29 is 39.6 Å². The van der Waals surface area contributed by atoms with Gasteiger partial charge in [0.15, 0.2) is 17.2 Å². The maximum Gasteiger partial charge on any atom is 0.203 e. The molecule has 3 aliphatic rings. The van der Waals surface area contributed by atoms with Crippen LogP contribution in [0.15, 0.2) is 29.0 Å². The maximum atomic E-state index is 14.6. The van der Waals surface area contributed by atoms with Gasteiger partial charge in [-0.3, -0.25) is 19.2 Å². The number of rotatable bonds is 5. The summed E-state index contributed by atoms with van der Waals surface area (Å²) in [6.45, 7) is 13.0. The van der Waals surface area contributed by atoms with E-state index < -0.39 is 74.5 Å². The summed E-state index contributed by atoms with van der Waals surface area (Å²) in [5.41, 5.74) is -5.59. The van der Waals surface area contributed by atoms with Gasteiger partial charge in [-0.1, -0.05) is 53.7 Å². The van der Waals surface area contributed by atoms with Crippen LogP contribution >= 0.6 is 0 Å². The molecule has 39 heavy (non-hydrogen) atoms. The van der Waals surface area contributed by atoms with Gasteiger partial charge in [-0.05, 0) is 42.7 Å². The molecule has 0 radical (unpaired) electrons. The van der Waals surface area contributed by atoms with Gasteiger partial charge in [0, 0.05) is 35.2 Å². The molecule has 8 heteroatoms. The highest BCUT2D eigenvalue weighted by atomic mass is 16.3. The molecule has 0 spiro atoms. The second-order valence-corrected chi connectivity index (χ2v) is 12.3. The Labute approximate surface area is 228 Å². The fourth-order valence-corrected chi connectivity index (χ4v) is 8.03. The number of Topliss-reactive ketones (excluding diaryl/α,β-unsaturated/α-hetero) is 4. The SMILES string of the molecule is CCC(=O)C[C@@H]1[C@]2(C)C(=C(O)c3c(ccc(C)c3O)[C@H]2C)C(=O)[C@@]2(O)C(O)=C(C(C)=O)C(=O)C(C(C)C)[C@@]12C. The molecule has 3 aliphatic carbocycles. The van der Waals surface area contributed by atoms with Crippen LogP contribution in [0.25, 0.3) is 5.76 Å². The highest BCUT2D eigenvalue weighted by Crippen LogP contribution is 2.71. The Morgan fingerprint density at radius 3 is 2.18 bits per heavy atom. The Morgan fingerprint density at radius 1 is 1.08 bits per heavy atom. The van der Waals surface area contributed by atoms with E-state index in [9.17, 15) is 39.6 Å². The topological polar surface area (TPSA) is 149 Å². The van der Waals surface area contributed by atoms with Gasteiger partial charge < -0.3 is 20.4 Å². The number of phenolic OH excluding ortho intramolecular Hbond substituents is 1. The molecule has 4 rings (SSSR count). The number of aryl methyl sites for hydroxylation is 1. The van der Waals surface area contributed by atoms with Crippen LogP contribution in [-0.2, 0) is 19.2 Å². The van der Waals surface area contributed by atoms with E-state index in [-0.39, 0.29) is 35.5 Å². The highest BCUT2D eigenvalue weighted by Gasteiger charge is 2.76. The number of aliphatic hydroxyl groups excluding tert-OH is 2. The second-order valence-electron chi connectivity index (χ2n) is 12.3. The van der Waals surface area contributed by atoms with Crippen LogP contribution < -0.4 is 0 Å². The van der Waals surface area contributed by atoms with E-state index in [0.717, 1.165) is 6.92 Å². The third-order valence-corrected chi connectivity index (χ3v) is 10.2. The molecule has 0 amide bonds. The van der Waals surface area contributed by atoms with Gasteiger partial charge in [0.25, 0.3) is 0 Å². The lowest BCUT2D eigenvalue weighted by Crippen LogP contribution is -2.73. The van der Waals surface area contributed by atoms with E-state index in [1.54, 1.807) is 53.7 Å². The number of fused-ring (bicyclic) bond motifs is 3. The van der Waals surface area contributed by atoms with Crippen molar-refractivity contribution in [3.8, 4) is 5.75 Å². The molecule has 210 valence electrons. The Kier molecular flexibility index (Phi) is 6.54. The van der Waals surface area contributed by atoms with Crippen LogP contribution in [0.3, 0.4) is 0 Å². The van der Waals surface area contributed by atoms with Crippen LogP contribution in [0.4, 0.5) is 0 Å². The smallest absolute Gasteiger partial charge is 0.203 e. The molecule has 0 bridgehead atoms. The normalized spacial score (nSPS) is 34.2. The highest BCUT2D eigenvalue weighted by molar-refractivity contribution is 6.24. The van der Waals surface area contributed by atoms with Crippen molar-refractivity contribution in [3.05, 3.63) is 45.7 Å². The summed E-state index contributed by atoms with van der Waals surface area (Å²) in [7, 11) is 0. The molecule has 1 aromatic rings. The number of hydrogen-bond acceptors (Lipinski definition) is 8. The lowest BCUT2D eigenvalue weighted by molar-refractivity contribution is -0.199. The fourth-order valence-electron chi connectivity index (χ4n) is 8.03. The molecule has 0 saturated heterocycles. The van der Waals surface area contributed by atoms with Crippen molar-refractivity contribution in [2.24, 2.45) is 28.6 Å². The zero-order valence-electron chi connectivity index (χ0n) is 23.8. The first kappa shape index (κ1) is 28.7. The van der Waals surface area contributed by atoms with Crippen LogP contribution in [0.1, 0.15) is 83.9 Å². The van der Waals surface area contributed by atoms with E-state index in [2.05, 4.69) is 0 Å². The number of carbonyl (C=O) groups excluding carboxylic acids is 4. The third kappa shape index (κ3) is 3.27. The third-order valence-electron chi connectivity index (χ3n) is 10.2. The van der Waals surface area contributed by atoms with Crippen molar-refractivity contribution in [2.75, 3.05) is 0 Å². The number of aromatic hydroxyl groups is 1. The number of ketones is 4. The van der Waals surface area contributed by atoms with Crippen LogP contribution in [0.2, 0.25) is 0 Å². The second kappa shape index (κ2) is 8.88. The van der Waals surface area contributed by atoms with Crippen molar-refractivity contribution >= 4 is 28.9 Å². The lowest BCUT2D eigenvalue weighted by Gasteiger charge is -2.65. The number of benzene rings is 1. The number of allylic oxidation sites excluding steroid dienone is 1. The Bertz CT molecular complexity index is 1400. The average Bonchev–Trinajstić information content (AvgIpc) is 2.84. The molecule has 6 atom stereocenters. The van der Waals surface area contributed by atoms with Gasteiger partial charge in [-0.2, -0.15) is 0 Å². The quantitative estimate of drug-likeness (QED) is 0.396.